The Kier molecular flexibility index (Phi) is 4.15. The topological polar surface area (TPSA) is 71.5 Å². The minimum Gasteiger partial charge on any atom is -0.505 e. The van der Waals surface area contributed by atoms with E-state index in [2.05, 4.69) is 10.3 Å². The van der Waals surface area contributed by atoms with E-state index in [1.54, 1.807) is 13.2 Å². The van der Waals surface area contributed by atoms with Gasteiger partial charge < -0.3 is 15.2 Å². The van der Waals surface area contributed by atoms with Crippen LogP contribution >= 0.6 is 0 Å². The largest absolute Gasteiger partial charge is 0.505 e. The molecule has 2 N–H and O–H groups in total. The van der Waals surface area contributed by atoms with Crippen molar-refractivity contribution in [3.8, 4) is 5.75 Å². The van der Waals surface area contributed by atoms with Crippen LogP contribution in [-0.2, 0) is 4.74 Å². The van der Waals surface area contributed by atoms with E-state index in [-0.39, 0.29) is 29.5 Å². The average Bonchev–Trinajstić information content (AvgIpc) is 2.39. The maximum atomic E-state index is 12.0. The Hall–Kier alpha value is -1.62. The highest BCUT2D eigenvalue weighted by Gasteiger charge is 2.27. The van der Waals surface area contributed by atoms with Gasteiger partial charge in [0.05, 0.1) is 12.1 Å². The van der Waals surface area contributed by atoms with Crippen LogP contribution in [-0.4, -0.2) is 35.3 Å². The van der Waals surface area contributed by atoms with E-state index >= 15 is 0 Å². The molecule has 1 aliphatic rings. The Morgan fingerprint density at radius 1 is 1.50 bits per heavy atom. The van der Waals surface area contributed by atoms with Gasteiger partial charge in [0.2, 0.25) is 0 Å². The van der Waals surface area contributed by atoms with Crippen LogP contribution in [0, 0.1) is 0 Å². The van der Waals surface area contributed by atoms with Crippen LogP contribution in [0.3, 0.4) is 0 Å². The minimum absolute atomic E-state index is 0.00217. The monoisotopic (exact) mass is 250 g/mol. The lowest BCUT2D eigenvalue weighted by Gasteiger charge is -2.30. The fourth-order valence-corrected chi connectivity index (χ4v) is 2.35. The van der Waals surface area contributed by atoms with E-state index in [1.165, 1.54) is 12.3 Å². The van der Waals surface area contributed by atoms with Gasteiger partial charge in [-0.05, 0) is 25.0 Å². The number of pyridine rings is 1. The maximum absolute atomic E-state index is 12.0. The third-order valence-electron chi connectivity index (χ3n) is 3.32. The quantitative estimate of drug-likeness (QED) is 0.852. The predicted molar refractivity (Wildman–Crippen MR) is 66.4 cm³/mol. The summed E-state index contributed by atoms with van der Waals surface area (Å²) in [7, 11) is 1.66. The molecule has 1 aliphatic carbocycles. The van der Waals surface area contributed by atoms with Crippen LogP contribution < -0.4 is 5.32 Å². The second-order valence-corrected chi connectivity index (χ2v) is 4.51. The lowest BCUT2D eigenvalue weighted by Crippen LogP contribution is -2.46. The summed E-state index contributed by atoms with van der Waals surface area (Å²) in [5, 5.41) is 12.5. The Morgan fingerprint density at radius 2 is 2.28 bits per heavy atom. The number of methoxy groups -OCH3 is 1. The van der Waals surface area contributed by atoms with Crippen LogP contribution in [0.1, 0.15) is 36.2 Å². The molecule has 0 bridgehead atoms. The van der Waals surface area contributed by atoms with Gasteiger partial charge in [0.15, 0.2) is 5.69 Å². The lowest BCUT2D eigenvalue weighted by molar-refractivity contribution is 0.0390. The zero-order chi connectivity index (χ0) is 13.0. The average molecular weight is 250 g/mol. The fraction of sp³-hybridized carbons (Fsp3) is 0.538. The molecule has 1 heterocycles. The van der Waals surface area contributed by atoms with Gasteiger partial charge in [-0.15, -0.1) is 0 Å². The molecule has 5 nitrogen and oxygen atoms in total. The summed E-state index contributed by atoms with van der Waals surface area (Å²) in [6.45, 7) is 0. The van der Waals surface area contributed by atoms with Crippen molar-refractivity contribution in [1.29, 1.82) is 0 Å². The summed E-state index contributed by atoms with van der Waals surface area (Å²) in [5.41, 5.74) is 0.0675. The van der Waals surface area contributed by atoms with Gasteiger partial charge in [0.25, 0.3) is 5.91 Å². The second-order valence-electron chi connectivity index (χ2n) is 4.51. The highest BCUT2D eigenvalue weighted by molar-refractivity contribution is 5.94. The number of hydrogen-bond acceptors (Lipinski definition) is 4. The minimum atomic E-state index is -0.345. The van der Waals surface area contributed by atoms with Crippen LogP contribution in [0.25, 0.3) is 0 Å². The Bertz CT molecular complexity index is 422. The highest BCUT2D eigenvalue weighted by Crippen LogP contribution is 2.21. The number of rotatable bonds is 3. The molecule has 1 fully saturated rings. The van der Waals surface area contributed by atoms with Crippen LogP contribution in [0.2, 0.25) is 0 Å². The molecule has 1 aromatic rings. The van der Waals surface area contributed by atoms with Crippen molar-refractivity contribution < 1.29 is 14.6 Å². The van der Waals surface area contributed by atoms with Crippen molar-refractivity contribution in [3.05, 3.63) is 24.0 Å². The third kappa shape index (κ3) is 2.79. The molecule has 18 heavy (non-hydrogen) atoms. The summed E-state index contributed by atoms with van der Waals surface area (Å²) in [6, 6.07) is 3.04. The van der Waals surface area contributed by atoms with Crippen LogP contribution in [0.5, 0.6) is 5.75 Å². The van der Waals surface area contributed by atoms with E-state index in [0.717, 1.165) is 25.7 Å². The number of amides is 1. The van der Waals surface area contributed by atoms with Gasteiger partial charge in [-0.25, -0.2) is 4.98 Å². The molecule has 0 aromatic carbocycles. The number of aromatic hydroxyl groups is 1. The first-order chi connectivity index (χ1) is 8.72. The third-order valence-corrected chi connectivity index (χ3v) is 3.32. The molecule has 2 atom stereocenters. The smallest absolute Gasteiger partial charge is 0.274 e. The Morgan fingerprint density at radius 3 is 3.00 bits per heavy atom. The standard InChI is InChI=1S/C13H18N2O3/c1-18-11-7-3-2-5-9(11)15-13(17)12-10(16)6-4-8-14-12/h4,6,8-9,11,16H,2-3,5,7H2,1H3,(H,15,17). The van der Waals surface area contributed by atoms with Crippen molar-refractivity contribution in [2.75, 3.05) is 7.11 Å². The SMILES string of the molecule is COC1CCCCC1NC(=O)c1ncccc1O. The zero-order valence-electron chi connectivity index (χ0n) is 10.4. The highest BCUT2D eigenvalue weighted by atomic mass is 16.5. The van der Waals surface area contributed by atoms with E-state index in [9.17, 15) is 9.90 Å². The zero-order valence-corrected chi connectivity index (χ0v) is 10.4. The predicted octanol–water partition coefficient (Wildman–Crippen LogP) is 1.47. The summed E-state index contributed by atoms with van der Waals surface area (Å²) in [4.78, 5) is 15.9. The number of carbonyl (C=O) groups is 1. The van der Waals surface area contributed by atoms with Gasteiger partial charge in [0.1, 0.15) is 5.75 Å². The van der Waals surface area contributed by atoms with E-state index in [0.29, 0.717) is 0 Å². The lowest BCUT2D eigenvalue weighted by atomic mass is 9.92. The summed E-state index contributed by atoms with van der Waals surface area (Å²) in [5.74, 6) is -0.443. The van der Waals surface area contributed by atoms with Crippen molar-refractivity contribution in [1.82, 2.24) is 10.3 Å². The van der Waals surface area contributed by atoms with Crippen molar-refractivity contribution in [2.45, 2.75) is 37.8 Å². The first-order valence-corrected chi connectivity index (χ1v) is 6.20. The molecule has 0 spiro atoms. The van der Waals surface area contributed by atoms with Gasteiger partial charge in [-0.1, -0.05) is 12.8 Å². The number of carbonyl (C=O) groups excluding carboxylic acids is 1. The molecule has 1 amide bonds. The molecule has 5 heteroatoms. The van der Waals surface area contributed by atoms with E-state index in [1.807, 2.05) is 0 Å². The molecule has 2 rings (SSSR count). The molecule has 0 saturated heterocycles. The molecule has 98 valence electrons. The summed E-state index contributed by atoms with van der Waals surface area (Å²) < 4.78 is 5.37. The number of nitrogens with one attached hydrogen (secondary N) is 1. The van der Waals surface area contributed by atoms with Gasteiger partial charge in [0, 0.05) is 13.3 Å². The van der Waals surface area contributed by atoms with Crippen molar-refractivity contribution in [3.63, 3.8) is 0 Å². The Balaban J connectivity index is 2.04. The van der Waals surface area contributed by atoms with Gasteiger partial charge >= 0.3 is 0 Å². The molecular formula is C13H18N2O3. The second kappa shape index (κ2) is 5.82. The Labute approximate surface area is 106 Å². The molecular weight excluding hydrogens is 232 g/mol. The van der Waals surface area contributed by atoms with Gasteiger partial charge in [-0.3, -0.25) is 4.79 Å². The fourth-order valence-electron chi connectivity index (χ4n) is 2.35. The summed E-state index contributed by atoms with van der Waals surface area (Å²) >= 11 is 0. The summed E-state index contributed by atoms with van der Waals surface area (Å²) in [6.07, 6.45) is 5.60. The van der Waals surface area contributed by atoms with Crippen molar-refractivity contribution in [2.24, 2.45) is 0 Å². The molecule has 1 saturated carbocycles. The number of hydrogen-bond donors (Lipinski definition) is 2. The van der Waals surface area contributed by atoms with Crippen LogP contribution in [0.4, 0.5) is 0 Å². The number of ether oxygens (including phenoxy) is 1. The molecule has 0 aliphatic heterocycles. The number of nitrogens with zero attached hydrogens (tertiary/aromatic N) is 1. The van der Waals surface area contributed by atoms with E-state index < -0.39 is 0 Å². The first-order valence-electron chi connectivity index (χ1n) is 6.20. The van der Waals surface area contributed by atoms with Gasteiger partial charge in [-0.2, -0.15) is 0 Å². The van der Waals surface area contributed by atoms with Crippen molar-refractivity contribution >= 4 is 5.91 Å². The number of aromatic nitrogens is 1. The molecule has 2 unspecified atom stereocenters. The first kappa shape index (κ1) is 12.8. The maximum Gasteiger partial charge on any atom is 0.274 e. The molecule has 0 radical (unpaired) electrons. The van der Waals surface area contributed by atoms with Crippen LogP contribution in [0.15, 0.2) is 18.3 Å². The molecule has 1 aromatic heterocycles. The normalized spacial score (nSPS) is 23.6. The van der Waals surface area contributed by atoms with E-state index in [4.69, 9.17) is 4.74 Å².